The van der Waals surface area contributed by atoms with Crippen LogP contribution in [0.5, 0.6) is 0 Å². The molecule has 1 unspecified atom stereocenters. The van der Waals surface area contributed by atoms with E-state index >= 15 is 0 Å². The van der Waals surface area contributed by atoms with E-state index in [-0.39, 0.29) is 11.1 Å². The van der Waals surface area contributed by atoms with Gasteiger partial charge in [-0.1, -0.05) is 18.2 Å². The predicted octanol–water partition coefficient (Wildman–Crippen LogP) is 1.25. The molecule has 3 nitrogen and oxygen atoms in total. The molecule has 0 aromatic heterocycles. The van der Waals surface area contributed by atoms with Crippen LogP contribution in [0, 0.1) is 0 Å². The molecule has 1 rings (SSSR count). The minimum Gasteiger partial charge on any atom is -0.383 e. The minimum absolute atomic E-state index is 0.00852. The van der Waals surface area contributed by atoms with Gasteiger partial charge in [0.05, 0.1) is 0 Å². The van der Waals surface area contributed by atoms with Gasteiger partial charge in [-0.2, -0.15) is 13.2 Å². The molecule has 0 aliphatic carbocycles. The number of carbonyl (C=O) groups excluding carboxylic acids is 1. The van der Waals surface area contributed by atoms with Gasteiger partial charge in [-0.25, -0.2) is 0 Å². The molecule has 1 aromatic rings. The van der Waals surface area contributed by atoms with Crippen molar-refractivity contribution >= 4 is 5.91 Å². The standard InChI is InChI=1S/C10H10F3NO2/c11-10(12,13)8(15)5-6-3-1-2-4-7(6)9(14)16/h1-4,8,15H,5H2,(H2,14,16). The van der Waals surface area contributed by atoms with Gasteiger partial charge in [0.15, 0.2) is 6.10 Å². The monoisotopic (exact) mass is 233 g/mol. The number of aliphatic hydroxyl groups is 1. The van der Waals surface area contributed by atoms with Gasteiger partial charge in [-0.15, -0.1) is 0 Å². The van der Waals surface area contributed by atoms with Crippen molar-refractivity contribution in [3.63, 3.8) is 0 Å². The lowest BCUT2D eigenvalue weighted by molar-refractivity contribution is -0.203. The third kappa shape index (κ3) is 2.96. The van der Waals surface area contributed by atoms with Crippen LogP contribution >= 0.6 is 0 Å². The fourth-order valence-electron chi connectivity index (χ4n) is 1.26. The van der Waals surface area contributed by atoms with E-state index < -0.39 is 24.6 Å². The van der Waals surface area contributed by atoms with Crippen molar-refractivity contribution in [1.82, 2.24) is 0 Å². The SMILES string of the molecule is NC(=O)c1ccccc1CC(O)C(F)(F)F. The first kappa shape index (κ1) is 12.5. The number of primary amides is 1. The zero-order valence-electron chi connectivity index (χ0n) is 8.16. The number of carbonyl (C=O) groups is 1. The second-order valence-corrected chi connectivity index (χ2v) is 3.28. The maximum Gasteiger partial charge on any atom is 0.414 e. The van der Waals surface area contributed by atoms with Crippen LogP contribution in [0.4, 0.5) is 13.2 Å². The molecule has 88 valence electrons. The summed E-state index contributed by atoms with van der Waals surface area (Å²) in [6.45, 7) is 0. The van der Waals surface area contributed by atoms with E-state index in [4.69, 9.17) is 10.8 Å². The van der Waals surface area contributed by atoms with Gasteiger partial charge in [-0.3, -0.25) is 4.79 Å². The molecular formula is C10H10F3NO2. The Kier molecular flexibility index (Phi) is 3.54. The molecule has 0 bridgehead atoms. The van der Waals surface area contributed by atoms with Gasteiger partial charge in [-0.05, 0) is 11.6 Å². The highest BCUT2D eigenvalue weighted by Gasteiger charge is 2.38. The van der Waals surface area contributed by atoms with Gasteiger partial charge < -0.3 is 10.8 Å². The van der Waals surface area contributed by atoms with Crippen molar-refractivity contribution in [1.29, 1.82) is 0 Å². The van der Waals surface area contributed by atoms with E-state index in [1.807, 2.05) is 0 Å². The summed E-state index contributed by atoms with van der Waals surface area (Å²) < 4.78 is 36.3. The molecule has 1 aromatic carbocycles. The van der Waals surface area contributed by atoms with Gasteiger partial charge in [0.1, 0.15) is 0 Å². The molecule has 0 radical (unpaired) electrons. The van der Waals surface area contributed by atoms with E-state index in [2.05, 4.69) is 0 Å². The van der Waals surface area contributed by atoms with E-state index in [0.717, 1.165) is 0 Å². The predicted molar refractivity (Wildman–Crippen MR) is 50.7 cm³/mol. The van der Waals surface area contributed by atoms with Crippen molar-refractivity contribution in [3.05, 3.63) is 35.4 Å². The Morgan fingerprint density at radius 1 is 1.38 bits per heavy atom. The number of hydrogen-bond donors (Lipinski definition) is 2. The molecular weight excluding hydrogens is 223 g/mol. The largest absolute Gasteiger partial charge is 0.414 e. The van der Waals surface area contributed by atoms with Crippen molar-refractivity contribution < 1.29 is 23.1 Å². The zero-order chi connectivity index (χ0) is 12.3. The summed E-state index contributed by atoms with van der Waals surface area (Å²) >= 11 is 0. The number of alkyl halides is 3. The lowest BCUT2D eigenvalue weighted by Gasteiger charge is -2.15. The number of benzene rings is 1. The molecule has 1 amide bonds. The van der Waals surface area contributed by atoms with Crippen LogP contribution in [0.3, 0.4) is 0 Å². The number of amides is 1. The smallest absolute Gasteiger partial charge is 0.383 e. The average Bonchev–Trinajstić information content (AvgIpc) is 2.16. The fourth-order valence-corrected chi connectivity index (χ4v) is 1.26. The van der Waals surface area contributed by atoms with Crippen LogP contribution in [-0.2, 0) is 6.42 Å². The van der Waals surface area contributed by atoms with Crippen LogP contribution in [0.15, 0.2) is 24.3 Å². The van der Waals surface area contributed by atoms with Crippen molar-refractivity contribution in [3.8, 4) is 0 Å². The number of nitrogens with two attached hydrogens (primary N) is 1. The van der Waals surface area contributed by atoms with Crippen molar-refractivity contribution in [2.75, 3.05) is 0 Å². The first-order valence-corrected chi connectivity index (χ1v) is 4.45. The van der Waals surface area contributed by atoms with Crippen LogP contribution < -0.4 is 5.73 Å². The normalized spacial score (nSPS) is 13.5. The quantitative estimate of drug-likeness (QED) is 0.825. The van der Waals surface area contributed by atoms with E-state index in [1.165, 1.54) is 24.3 Å². The summed E-state index contributed by atoms with van der Waals surface area (Å²) in [5.41, 5.74) is 5.07. The Labute approximate surface area is 89.7 Å². The fraction of sp³-hybridized carbons (Fsp3) is 0.300. The molecule has 0 fully saturated rings. The molecule has 16 heavy (non-hydrogen) atoms. The second kappa shape index (κ2) is 4.52. The minimum atomic E-state index is -4.70. The van der Waals surface area contributed by atoms with E-state index in [1.54, 1.807) is 0 Å². The summed E-state index contributed by atoms with van der Waals surface area (Å²) in [5.74, 6) is -0.815. The maximum absolute atomic E-state index is 12.1. The Hall–Kier alpha value is -1.56. The van der Waals surface area contributed by atoms with Gasteiger partial charge in [0.25, 0.3) is 0 Å². The maximum atomic E-state index is 12.1. The van der Waals surface area contributed by atoms with Crippen molar-refractivity contribution in [2.24, 2.45) is 5.73 Å². The highest BCUT2D eigenvalue weighted by atomic mass is 19.4. The molecule has 0 spiro atoms. The van der Waals surface area contributed by atoms with Crippen LogP contribution in [0.25, 0.3) is 0 Å². The van der Waals surface area contributed by atoms with Crippen molar-refractivity contribution in [2.45, 2.75) is 18.7 Å². The lowest BCUT2D eigenvalue weighted by Crippen LogP contribution is -2.31. The third-order valence-corrected chi connectivity index (χ3v) is 2.07. The van der Waals surface area contributed by atoms with Gasteiger partial charge in [0.2, 0.25) is 5.91 Å². The Morgan fingerprint density at radius 2 is 1.94 bits per heavy atom. The van der Waals surface area contributed by atoms with E-state index in [0.29, 0.717) is 0 Å². The lowest BCUT2D eigenvalue weighted by atomic mass is 10.0. The highest BCUT2D eigenvalue weighted by molar-refractivity contribution is 5.94. The summed E-state index contributed by atoms with van der Waals surface area (Å²) in [4.78, 5) is 10.9. The second-order valence-electron chi connectivity index (χ2n) is 3.28. The first-order chi connectivity index (χ1) is 7.32. The molecule has 0 heterocycles. The summed E-state index contributed by atoms with van der Waals surface area (Å²) in [5, 5.41) is 8.87. The van der Waals surface area contributed by atoms with Gasteiger partial charge in [0, 0.05) is 12.0 Å². The Balaban J connectivity index is 2.93. The summed E-state index contributed by atoms with van der Waals surface area (Å²) in [6, 6.07) is 5.62. The molecule has 6 heteroatoms. The van der Waals surface area contributed by atoms with Crippen LogP contribution in [-0.4, -0.2) is 23.3 Å². The molecule has 0 aliphatic heterocycles. The number of aliphatic hydroxyl groups excluding tert-OH is 1. The molecule has 3 N–H and O–H groups in total. The summed E-state index contributed by atoms with van der Waals surface area (Å²) in [6.07, 6.45) is -7.87. The molecule has 0 saturated carbocycles. The number of hydrogen-bond acceptors (Lipinski definition) is 2. The molecule has 0 aliphatic rings. The molecule has 0 saturated heterocycles. The Bertz CT molecular complexity index is 390. The first-order valence-electron chi connectivity index (χ1n) is 4.45. The molecule has 1 atom stereocenters. The highest BCUT2D eigenvalue weighted by Crippen LogP contribution is 2.24. The topological polar surface area (TPSA) is 63.3 Å². The van der Waals surface area contributed by atoms with E-state index in [9.17, 15) is 18.0 Å². The Morgan fingerprint density at radius 3 is 2.44 bits per heavy atom. The number of halogens is 3. The average molecular weight is 233 g/mol. The van der Waals surface area contributed by atoms with Crippen LogP contribution in [0.2, 0.25) is 0 Å². The summed E-state index contributed by atoms with van der Waals surface area (Å²) in [7, 11) is 0. The third-order valence-electron chi connectivity index (χ3n) is 2.07. The number of rotatable bonds is 3. The zero-order valence-corrected chi connectivity index (χ0v) is 8.16. The van der Waals surface area contributed by atoms with Crippen LogP contribution in [0.1, 0.15) is 15.9 Å². The van der Waals surface area contributed by atoms with Gasteiger partial charge >= 0.3 is 6.18 Å².